The van der Waals surface area contributed by atoms with E-state index in [1.165, 1.54) is 0 Å². The van der Waals surface area contributed by atoms with Crippen LogP contribution in [0.15, 0.2) is 0 Å². The lowest BCUT2D eigenvalue weighted by atomic mass is 10.2. The molecule has 1 rings (SSSR count). The summed E-state index contributed by atoms with van der Waals surface area (Å²) in [4.78, 5) is 25.2. The van der Waals surface area contributed by atoms with Gasteiger partial charge in [-0.1, -0.05) is 34.1 Å². The van der Waals surface area contributed by atoms with E-state index in [4.69, 9.17) is 15.9 Å². The van der Waals surface area contributed by atoms with Gasteiger partial charge in [-0.3, -0.25) is 9.59 Å². The molecule has 188 valence electrons. The molecule has 0 bridgehead atoms. The number of nitrogens with zero attached hydrogens (tertiary/aromatic N) is 1. The third-order valence-electron chi connectivity index (χ3n) is 4.53. The van der Waals surface area contributed by atoms with Crippen molar-refractivity contribution in [3.63, 3.8) is 0 Å². The Balaban J connectivity index is -0.000000193. The Bertz CT molecular complexity index is 456. The molecule has 1 heterocycles. The number of hydrogen-bond donors (Lipinski definition) is 1. The van der Waals surface area contributed by atoms with E-state index in [1.807, 2.05) is 11.8 Å². The van der Waals surface area contributed by atoms with Crippen LogP contribution >= 0.6 is 24.0 Å². The first-order valence-electron chi connectivity index (χ1n) is 10.7. The highest BCUT2D eigenvalue weighted by molar-refractivity contribution is 14.0. The van der Waals surface area contributed by atoms with Crippen molar-refractivity contribution in [2.45, 2.75) is 93.1 Å². The van der Waals surface area contributed by atoms with Gasteiger partial charge in [0.15, 0.2) is 0 Å². The van der Waals surface area contributed by atoms with Gasteiger partial charge in [0, 0.05) is 34.1 Å². The predicted molar refractivity (Wildman–Crippen MR) is 144 cm³/mol. The predicted octanol–water partition coefficient (Wildman–Crippen LogP) is 5.28. The molecule has 1 fully saturated rings. The molecule has 1 N–H and O–H groups in total. The van der Waals surface area contributed by atoms with Crippen LogP contribution in [-0.2, 0) is 19.1 Å². The highest BCUT2D eigenvalue weighted by Crippen LogP contribution is 2.11. The van der Waals surface area contributed by atoms with E-state index in [2.05, 4.69) is 25.1 Å². The average molecular weight is 559 g/mol. The molecule has 2 amide bonds. The van der Waals surface area contributed by atoms with Crippen LogP contribution in [0.5, 0.6) is 0 Å². The first-order valence-corrected chi connectivity index (χ1v) is 10.7. The quantitative estimate of drug-likeness (QED) is 0.190. The van der Waals surface area contributed by atoms with E-state index in [1.54, 1.807) is 0 Å². The van der Waals surface area contributed by atoms with Crippen molar-refractivity contribution in [2.75, 3.05) is 39.5 Å². The van der Waals surface area contributed by atoms with Crippen molar-refractivity contribution in [3.8, 4) is 12.3 Å². The molecular formula is C24H51IN2O4. The van der Waals surface area contributed by atoms with Gasteiger partial charge in [0.25, 0.3) is 0 Å². The molecule has 1 aliphatic heterocycles. The number of ether oxygens (including phenoxy) is 2. The summed E-state index contributed by atoms with van der Waals surface area (Å²) in [6, 6.07) is 0. The van der Waals surface area contributed by atoms with Gasteiger partial charge >= 0.3 is 0 Å². The van der Waals surface area contributed by atoms with Crippen LogP contribution in [0, 0.1) is 12.3 Å². The molecule has 31 heavy (non-hydrogen) atoms. The molecule has 1 aliphatic rings. The van der Waals surface area contributed by atoms with Gasteiger partial charge in [-0.2, -0.15) is 0 Å². The second kappa shape index (κ2) is 27.2. The largest absolute Gasteiger partial charge is 0.379 e. The number of nitrogens with one attached hydrogen (secondary N) is 1. The van der Waals surface area contributed by atoms with Crippen molar-refractivity contribution in [2.24, 2.45) is 0 Å². The van der Waals surface area contributed by atoms with Gasteiger partial charge in [0.2, 0.25) is 11.8 Å². The molecule has 6 nitrogen and oxygen atoms in total. The van der Waals surface area contributed by atoms with Gasteiger partial charge < -0.3 is 19.7 Å². The number of carbonyl (C=O) groups excluding carboxylic acids is 2. The molecule has 7 heteroatoms. The summed E-state index contributed by atoms with van der Waals surface area (Å²) >= 11 is 0. The minimum absolute atomic E-state index is 0. The number of rotatable bonds is 13. The average Bonchev–Trinajstić information content (AvgIpc) is 3.23. The first-order chi connectivity index (χ1) is 13.5. The van der Waals surface area contributed by atoms with Crippen molar-refractivity contribution in [3.05, 3.63) is 0 Å². The van der Waals surface area contributed by atoms with Crippen molar-refractivity contribution < 1.29 is 20.5 Å². The van der Waals surface area contributed by atoms with Crippen LogP contribution in [0.1, 0.15) is 88.4 Å². The molecule has 0 aromatic heterocycles. The lowest BCUT2D eigenvalue weighted by Crippen LogP contribution is -2.27. The molecule has 0 aromatic carbocycles. The number of unbranched alkanes of at least 4 members (excludes halogenated alkanes) is 2. The second-order valence-corrected chi connectivity index (χ2v) is 6.93. The third-order valence-corrected chi connectivity index (χ3v) is 4.53. The van der Waals surface area contributed by atoms with Gasteiger partial charge in [0.1, 0.15) is 6.61 Å². The number of halogens is 1. The standard InChI is InChI=1S/C16H26N2O3.C6H14O.2CH4.HI.H2/c1-2-13-21-14-9-15(19)17-10-5-3-4-8-16(20)18-11-6-7-12-18;1-4-6(3)7-5-2;;;;/h1H,3-14H2,(H,17,19);6H,4-5H2,1-3H3;2*1H4;2*1H. The topological polar surface area (TPSA) is 67.9 Å². The summed E-state index contributed by atoms with van der Waals surface area (Å²) < 4.78 is 10.2. The molecule has 0 aliphatic carbocycles. The van der Waals surface area contributed by atoms with Crippen LogP contribution < -0.4 is 5.32 Å². The number of carbonyl (C=O) groups is 2. The molecule has 0 spiro atoms. The van der Waals surface area contributed by atoms with E-state index < -0.39 is 0 Å². The van der Waals surface area contributed by atoms with Gasteiger partial charge in [0.05, 0.1) is 19.1 Å². The van der Waals surface area contributed by atoms with Crippen LogP contribution in [0.25, 0.3) is 0 Å². The van der Waals surface area contributed by atoms with Gasteiger partial charge in [-0.05, 0) is 46.0 Å². The minimum Gasteiger partial charge on any atom is -0.379 e. The summed E-state index contributed by atoms with van der Waals surface area (Å²) in [6.45, 7) is 10.2. The Kier molecular flexibility index (Phi) is 32.9. The zero-order valence-electron chi connectivity index (χ0n) is 18.5. The maximum atomic E-state index is 11.8. The molecule has 1 unspecified atom stereocenters. The SMILES string of the molecule is C.C.C#CCOCCC(=O)NCCCCCC(=O)N1CCCC1.CCOC(C)CC.I.[HH]. The number of terminal acetylenes is 1. The normalized spacial score (nSPS) is 12.6. The van der Waals surface area contributed by atoms with Crippen LogP contribution in [0.3, 0.4) is 0 Å². The number of likely N-dealkylation sites (tertiary alicyclic amines) is 1. The zero-order valence-corrected chi connectivity index (χ0v) is 20.9. The Morgan fingerprint density at radius 3 is 2.29 bits per heavy atom. The van der Waals surface area contributed by atoms with E-state index >= 15 is 0 Å². The maximum absolute atomic E-state index is 11.8. The smallest absolute Gasteiger partial charge is 0.222 e. The highest BCUT2D eigenvalue weighted by atomic mass is 127. The maximum Gasteiger partial charge on any atom is 0.222 e. The van der Waals surface area contributed by atoms with E-state index in [-0.39, 0.29) is 58.7 Å². The molecule has 1 saturated heterocycles. The fourth-order valence-electron chi connectivity index (χ4n) is 2.72. The van der Waals surface area contributed by atoms with Crippen LogP contribution in [-0.4, -0.2) is 62.3 Å². The van der Waals surface area contributed by atoms with Crippen molar-refractivity contribution in [1.29, 1.82) is 0 Å². The summed E-state index contributed by atoms with van der Waals surface area (Å²) in [6.07, 6.45) is 12.6. The van der Waals surface area contributed by atoms with E-state index in [0.717, 1.165) is 58.2 Å². The van der Waals surface area contributed by atoms with Crippen LogP contribution in [0.4, 0.5) is 0 Å². The lowest BCUT2D eigenvalue weighted by molar-refractivity contribution is -0.130. The van der Waals surface area contributed by atoms with E-state index in [9.17, 15) is 9.59 Å². The fraction of sp³-hybridized carbons (Fsp3) is 0.833. The molecule has 0 aromatic rings. The number of hydrogen-bond acceptors (Lipinski definition) is 4. The minimum atomic E-state index is -0.0137. The second-order valence-electron chi connectivity index (χ2n) is 6.93. The Labute approximate surface area is 211 Å². The summed E-state index contributed by atoms with van der Waals surface area (Å²) in [5, 5.41) is 2.84. The van der Waals surface area contributed by atoms with Gasteiger partial charge in [-0.15, -0.1) is 30.4 Å². The molecule has 0 radical (unpaired) electrons. The zero-order chi connectivity index (χ0) is 21.0. The monoisotopic (exact) mass is 558 g/mol. The first kappa shape index (κ1) is 37.5. The van der Waals surface area contributed by atoms with Crippen molar-refractivity contribution in [1.82, 2.24) is 10.2 Å². The lowest BCUT2D eigenvalue weighted by Gasteiger charge is -2.14. The molecular weight excluding hydrogens is 507 g/mol. The Morgan fingerprint density at radius 2 is 1.77 bits per heavy atom. The van der Waals surface area contributed by atoms with Crippen molar-refractivity contribution >= 4 is 35.8 Å². The highest BCUT2D eigenvalue weighted by Gasteiger charge is 2.16. The Hall–Kier alpha value is -0.850. The Morgan fingerprint density at radius 1 is 1.13 bits per heavy atom. The summed E-state index contributed by atoms with van der Waals surface area (Å²) in [5.74, 6) is 2.62. The molecule has 0 saturated carbocycles. The molecule has 1 atom stereocenters. The van der Waals surface area contributed by atoms with Gasteiger partial charge in [-0.25, -0.2) is 0 Å². The summed E-state index contributed by atoms with van der Waals surface area (Å²) in [7, 11) is 0. The fourth-order valence-corrected chi connectivity index (χ4v) is 2.72. The third kappa shape index (κ3) is 23.6. The summed E-state index contributed by atoms with van der Waals surface area (Å²) in [5.41, 5.74) is 0. The number of amides is 2. The van der Waals surface area contributed by atoms with E-state index in [0.29, 0.717) is 32.1 Å². The van der Waals surface area contributed by atoms with Crippen LogP contribution in [0.2, 0.25) is 0 Å².